The molecule has 3 aliphatic rings. The standard InChI is InChI=1S/C32H46N2O4/c1-32(2,3)26-16-14-23(15-17-26)28(35)10-4-5-11-30(36)33-27(22-34-18-6-7-19-34)31(37)25-13-12-24-9-8-20-38-29(24)21-25/h13-17,21,24,27,31,37H,4-12,18-20,22H2,1-3H3,(H,33,36)/t24?,27-,31-/m1/s1. The van der Waals surface area contributed by atoms with E-state index in [4.69, 9.17) is 4.74 Å². The number of nitrogens with one attached hydrogen (secondary N) is 1. The quantitative estimate of drug-likeness (QED) is 0.304. The van der Waals surface area contributed by atoms with Crippen LogP contribution in [0.5, 0.6) is 0 Å². The van der Waals surface area contributed by atoms with Gasteiger partial charge in [0.2, 0.25) is 5.91 Å². The molecule has 0 bridgehead atoms. The number of nitrogens with zero attached hydrogens (tertiary/aromatic N) is 1. The summed E-state index contributed by atoms with van der Waals surface area (Å²) < 4.78 is 5.88. The van der Waals surface area contributed by atoms with Gasteiger partial charge in [0.1, 0.15) is 6.10 Å². The Morgan fingerprint density at radius 3 is 2.50 bits per heavy atom. The van der Waals surface area contributed by atoms with Crippen molar-refractivity contribution in [3.63, 3.8) is 0 Å². The Bertz CT molecular complexity index is 1010. The van der Waals surface area contributed by atoms with Gasteiger partial charge in [0, 0.05) is 30.9 Å². The highest BCUT2D eigenvalue weighted by molar-refractivity contribution is 5.96. The molecule has 2 saturated heterocycles. The molecule has 1 amide bonds. The van der Waals surface area contributed by atoms with E-state index in [1.54, 1.807) is 0 Å². The first-order chi connectivity index (χ1) is 18.2. The van der Waals surface area contributed by atoms with Crippen LogP contribution in [-0.4, -0.2) is 60.1 Å². The van der Waals surface area contributed by atoms with E-state index in [0.717, 1.165) is 68.7 Å². The lowest BCUT2D eigenvalue weighted by atomic mass is 9.86. The van der Waals surface area contributed by atoms with E-state index >= 15 is 0 Å². The Kier molecular flexibility index (Phi) is 9.83. The third kappa shape index (κ3) is 7.79. The fourth-order valence-electron chi connectivity index (χ4n) is 5.73. The van der Waals surface area contributed by atoms with Gasteiger partial charge in [0.25, 0.3) is 0 Å². The van der Waals surface area contributed by atoms with Crippen molar-refractivity contribution >= 4 is 11.7 Å². The number of ether oxygens (including phenoxy) is 1. The maximum absolute atomic E-state index is 12.9. The highest BCUT2D eigenvalue weighted by Crippen LogP contribution is 2.33. The third-order valence-electron chi connectivity index (χ3n) is 8.17. The van der Waals surface area contributed by atoms with Gasteiger partial charge in [-0.15, -0.1) is 0 Å². The molecule has 0 saturated carbocycles. The van der Waals surface area contributed by atoms with Gasteiger partial charge in [-0.1, -0.05) is 51.1 Å². The molecule has 38 heavy (non-hydrogen) atoms. The molecule has 1 aliphatic carbocycles. The average molecular weight is 523 g/mol. The molecule has 0 spiro atoms. The van der Waals surface area contributed by atoms with Crippen LogP contribution >= 0.6 is 0 Å². The van der Waals surface area contributed by atoms with Crippen LogP contribution < -0.4 is 5.32 Å². The zero-order valence-electron chi connectivity index (χ0n) is 23.5. The number of amides is 1. The van der Waals surface area contributed by atoms with Gasteiger partial charge >= 0.3 is 0 Å². The number of aliphatic hydroxyl groups excluding tert-OH is 1. The number of hydrogen-bond acceptors (Lipinski definition) is 5. The summed E-state index contributed by atoms with van der Waals surface area (Å²) in [5, 5.41) is 14.4. The van der Waals surface area contributed by atoms with E-state index in [2.05, 4.69) is 37.1 Å². The number of benzene rings is 1. The second kappa shape index (κ2) is 13.1. The molecule has 1 aromatic rings. The normalized spacial score (nSPS) is 21.5. The summed E-state index contributed by atoms with van der Waals surface area (Å²) in [6.45, 7) is 9.87. The van der Waals surface area contributed by atoms with Gasteiger partial charge in [-0.05, 0) is 80.7 Å². The van der Waals surface area contributed by atoms with Crippen LogP contribution in [0.3, 0.4) is 0 Å². The molecule has 4 rings (SSSR count). The van der Waals surface area contributed by atoms with Crippen molar-refractivity contribution in [1.29, 1.82) is 0 Å². The molecule has 0 aromatic heterocycles. The van der Waals surface area contributed by atoms with Gasteiger partial charge in [-0.25, -0.2) is 0 Å². The summed E-state index contributed by atoms with van der Waals surface area (Å²) in [6, 6.07) is 7.52. The van der Waals surface area contributed by atoms with Crippen LogP contribution in [0.15, 0.2) is 47.7 Å². The van der Waals surface area contributed by atoms with Crippen LogP contribution in [-0.2, 0) is 14.9 Å². The maximum Gasteiger partial charge on any atom is 0.220 e. The smallest absolute Gasteiger partial charge is 0.220 e. The summed E-state index contributed by atoms with van der Waals surface area (Å²) in [4.78, 5) is 27.9. The predicted octanol–water partition coefficient (Wildman–Crippen LogP) is 5.31. The van der Waals surface area contributed by atoms with Gasteiger partial charge in [-0.3, -0.25) is 9.59 Å². The fourth-order valence-corrected chi connectivity index (χ4v) is 5.73. The molecule has 2 heterocycles. The second-order valence-corrected chi connectivity index (χ2v) is 12.3. The number of unbranched alkanes of at least 4 members (excludes halogenated alkanes) is 1. The lowest BCUT2D eigenvalue weighted by Crippen LogP contribution is -2.50. The number of allylic oxidation sites excluding steroid dienone is 2. The number of likely N-dealkylation sites (tertiary alicyclic amines) is 1. The van der Waals surface area contributed by atoms with E-state index in [1.165, 1.54) is 5.56 Å². The molecule has 2 N–H and O–H groups in total. The number of ketones is 1. The first-order valence-corrected chi connectivity index (χ1v) is 14.6. The van der Waals surface area contributed by atoms with E-state index in [0.29, 0.717) is 38.1 Å². The fraction of sp³-hybridized carbons (Fsp3) is 0.625. The van der Waals surface area contributed by atoms with Crippen LogP contribution in [0, 0.1) is 5.92 Å². The molecule has 2 fully saturated rings. The SMILES string of the molecule is CC(C)(C)c1ccc(C(=O)CCCCC(=O)N[C@H](CN2CCCC2)[C@H](O)C2=CCC3CCCOC3=C2)cc1. The molecule has 6 heteroatoms. The summed E-state index contributed by atoms with van der Waals surface area (Å²) in [7, 11) is 0. The van der Waals surface area contributed by atoms with Gasteiger partial charge < -0.3 is 20.1 Å². The Balaban J connectivity index is 1.27. The van der Waals surface area contributed by atoms with E-state index in [1.807, 2.05) is 30.3 Å². The van der Waals surface area contributed by atoms with E-state index in [9.17, 15) is 14.7 Å². The monoisotopic (exact) mass is 522 g/mol. The molecule has 6 nitrogen and oxygen atoms in total. The van der Waals surface area contributed by atoms with Crippen molar-refractivity contribution in [2.75, 3.05) is 26.2 Å². The van der Waals surface area contributed by atoms with Gasteiger partial charge in [0.05, 0.1) is 18.4 Å². The number of carbonyl (C=O) groups is 2. The Hall–Kier alpha value is -2.44. The summed E-state index contributed by atoms with van der Waals surface area (Å²) in [5.41, 5.74) is 2.86. The van der Waals surface area contributed by atoms with Crippen LogP contribution in [0.4, 0.5) is 0 Å². The Morgan fingerprint density at radius 2 is 1.79 bits per heavy atom. The summed E-state index contributed by atoms with van der Waals surface area (Å²) in [6.07, 6.45) is 10.9. The Labute approximate surface area is 228 Å². The zero-order chi connectivity index (χ0) is 27.1. The van der Waals surface area contributed by atoms with Crippen molar-refractivity contribution in [2.45, 2.75) is 96.1 Å². The van der Waals surface area contributed by atoms with Gasteiger partial charge in [-0.2, -0.15) is 0 Å². The van der Waals surface area contributed by atoms with Gasteiger partial charge in [0.15, 0.2) is 5.78 Å². The molecule has 0 radical (unpaired) electrons. The topological polar surface area (TPSA) is 78.9 Å². The second-order valence-electron chi connectivity index (χ2n) is 12.3. The highest BCUT2D eigenvalue weighted by atomic mass is 16.5. The van der Waals surface area contributed by atoms with E-state index in [-0.39, 0.29) is 23.1 Å². The minimum absolute atomic E-state index is 0.0611. The van der Waals surface area contributed by atoms with E-state index < -0.39 is 6.10 Å². The number of rotatable bonds is 11. The molecular formula is C32H46N2O4. The first kappa shape index (κ1) is 28.6. The predicted molar refractivity (Wildman–Crippen MR) is 151 cm³/mol. The zero-order valence-corrected chi connectivity index (χ0v) is 23.5. The highest BCUT2D eigenvalue weighted by Gasteiger charge is 2.31. The van der Waals surface area contributed by atoms with Crippen molar-refractivity contribution < 1.29 is 19.4 Å². The lowest BCUT2D eigenvalue weighted by Gasteiger charge is -2.33. The average Bonchev–Trinajstić information content (AvgIpc) is 3.42. The number of hydrogen-bond donors (Lipinski definition) is 2. The number of aliphatic hydroxyl groups is 1. The molecular weight excluding hydrogens is 476 g/mol. The van der Waals surface area contributed by atoms with Crippen molar-refractivity contribution in [3.05, 3.63) is 58.9 Å². The van der Waals surface area contributed by atoms with Crippen LogP contribution in [0.1, 0.15) is 94.5 Å². The van der Waals surface area contributed by atoms with Crippen molar-refractivity contribution in [2.24, 2.45) is 5.92 Å². The third-order valence-corrected chi connectivity index (χ3v) is 8.17. The molecule has 1 aromatic carbocycles. The number of Topliss-reactive ketones (excluding diaryl/α,β-unsaturated/α-hetero) is 1. The summed E-state index contributed by atoms with van der Waals surface area (Å²) in [5.74, 6) is 1.46. The van der Waals surface area contributed by atoms with Crippen LogP contribution in [0.2, 0.25) is 0 Å². The van der Waals surface area contributed by atoms with Crippen molar-refractivity contribution in [1.82, 2.24) is 10.2 Å². The minimum Gasteiger partial charge on any atom is -0.498 e. The van der Waals surface area contributed by atoms with Crippen LogP contribution in [0.25, 0.3) is 0 Å². The first-order valence-electron chi connectivity index (χ1n) is 14.6. The molecule has 2 aliphatic heterocycles. The molecule has 1 unspecified atom stereocenters. The lowest BCUT2D eigenvalue weighted by molar-refractivity contribution is -0.122. The number of carbonyl (C=O) groups excluding carboxylic acids is 2. The maximum atomic E-state index is 12.9. The number of fused-ring (bicyclic) bond motifs is 1. The molecule has 208 valence electrons. The summed E-state index contributed by atoms with van der Waals surface area (Å²) >= 11 is 0. The molecule has 3 atom stereocenters. The Morgan fingerprint density at radius 1 is 1.08 bits per heavy atom. The largest absolute Gasteiger partial charge is 0.498 e. The minimum atomic E-state index is -0.767. The van der Waals surface area contributed by atoms with Crippen molar-refractivity contribution in [3.8, 4) is 0 Å².